The molecule has 2 saturated heterocycles. The van der Waals surface area contributed by atoms with Crippen molar-refractivity contribution >= 4 is 28.6 Å². The summed E-state index contributed by atoms with van der Waals surface area (Å²) >= 11 is 1.68. The highest BCUT2D eigenvalue weighted by Crippen LogP contribution is 2.63. The molecule has 2 fully saturated rings. The van der Waals surface area contributed by atoms with E-state index >= 15 is 0 Å². The Morgan fingerprint density at radius 3 is 2.63 bits per heavy atom. The number of aromatic nitrogens is 1. The van der Waals surface area contributed by atoms with E-state index in [9.17, 15) is 15.0 Å². The second-order valence-corrected chi connectivity index (χ2v) is 17.2. The lowest BCUT2D eigenvalue weighted by Crippen LogP contribution is -2.70. The number of phenols is 1. The maximum absolute atomic E-state index is 15.0. The fraction of sp³-hybridized carbons (Fsp3) is 0.488. The second kappa shape index (κ2) is 12.0. The summed E-state index contributed by atoms with van der Waals surface area (Å²) in [5.74, 6) is 1.88. The lowest BCUT2D eigenvalue weighted by molar-refractivity contribution is -0.186. The van der Waals surface area contributed by atoms with E-state index in [0.29, 0.717) is 42.4 Å². The van der Waals surface area contributed by atoms with Crippen molar-refractivity contribution in [3.63, 3.8) is 0 Å². The van der Waals surface area contributed by atoms with Crippen LogP contribution in [0.1, 0.15) is 73.1 Å². The van der Waals surface area contributed by atoms with E-state index in [0.717, 1.165) is 66.7 Å². The maximum Gasteiger partial charge on any atom is 0.333 e. The zero-order valence-corrected chi connectivity index (χ0v) is 32.2. The van der Waals surface area contributed by atoms with Crippen LogP contribution in [-0.2, 0) is 27.9 Å². The number of carbonyl (C=O) groups is 1. The molecule has 11 rings (SSSR count). The highest BCUT2D eigenvalue weighted by molar-refractivity contribution is 7.99. The van der Waals surface area contributed by atoms with Crippen LogP contribution in [0.3, 0.4) is 0 Å². The monoisotopic (exact) mass is 753 g/mol. The number of ether oxygens (including phenoxy) is 4. The number of aromatic amines is 1. The van der Waals surface area contributed by atoms with Gasteiger partial charge in [0.25, 0.3) is 0 Å². The Morgan fingerprint density at radius 2 is 1.85 bits per heavy atom. The van der Waals surface area contributed by atoms with Crippen LogP contribution < -0.4 is 25.3 Å². The van der Waals surface area contributed by atoms with Crippen molar-refractivity contribution in [3.05, 3.63) is 80.0 Å². The predicted molar refractivity (Wildman–Crippen MR) is 204 cm³/mol. The number of aliphatic hydroxyl groups is 1. The summed E-state index contributed by atoms with van der Waals surface area (Å²) in [6.07, 6.45) is 0.294. The molecule has 0 aliphatic carbocycles. The molecule has 0 saturated carbocycles. The molecule has 0 unspecified atom stereocenters. The van der Waals surface area contributed by atoms with E-state index in [-0.39, 0.29) is 54.5 Å². The van der Waals surface area contributed by atoms with Crippen molar-refractivity contribution < 1.29 is 34.0 Å². The number of methoxy groups -OCH3 is 1. The number of likely N-dealkylation sites (N-methyl/N-ethyl adjacent to an activating group) is 1. The number of aryl methyl sites for hydroxylation is 2. The molecule has 1 spiro atoms. The molecule has 12 nitrogen and oxygen atoms in total. The van der Waals surface area contributed by atoms with E-state index < -0.39 is 17.8 Å². The Hall–Kier alpha value is -3.98. The number of thioether (sulfide) groups is 1. The molecule has 6 N–H and O–H groups in total. The van der Waals surface area contributed by atoms with Crippen LogP contribution in [0.5, 0.6) is 23.0 Å². The first-order valence-electron chi connectivity index (χ1n) is 18.9. The standard InChI is InChI=1S/C41H47N5O7S/c1-17-7-8-25-23(9-17)24-12-22(13-42)44-41(38(24)43-25)15-54-37-28-19(3)20(4)35-36(53-16-52-35)30(28)27(14-51-40(41)49)46-32(37)31-29-21(11-26(39(46)48)45(31)5)10-18(2)34(50-6)33(29)47/h7-10,22,26-27,31-32,37,39,43-44,47-48H,11-16,42H2,1-6H3/t22-,26+,27+,31-,32-,37-,39+,41-/m1/s1. The van der Waals surface area contributed by atoms with Crippen LogP contribution in [-0.4, -0.2) is 95.2 Å². The van der Waals surface area contributed by atoms with Gasteiger partial charge in [-0.25, -0.2) is 4.79 Å². The van der Waals surface area contributed by atoms with Crippen LogP contribution in [0, 0.1) is 27.7 Å². The van der Waals surface area contributed by atoms with Crippen molar-refractivity contribution in [3.8, 4) is 23.0 Å². The summed E-state index contributed by atoms with van der Waals surface area (Å²) in [4.78, 5) is 23.0. The van der Waals surface area contributed by atoms with Crippen molar-refractivity contribution in [2.45, 2.75) is 87.8 Å². The van der Waals surface area contributed by atoms with Gasteiger partial charge in [-0.15, -0.1) is 11.8 Å². The third kappa shape index (κ3) is 4.42. The highest BCUT2D eigenvalue weighted by Gasteiger charge is 2.61. The van der Waals surface area contributed by atoms with Crippen LogP contribution in [0.2, 0.25) is 0 Å². The van der Waals surface area contributed by atoms with Crippen molar-refractivity contribution in [1.82, 2.24) is 20.1 Å². The van der Waals surface area contributed by atoms with Crippen LogP contribution in [0.25, 0.3) is 10.9 Å². The molecule has 1 aromatic heterocycles. The number of phenolic OH excluding ortho intramolecular Hbond substituents is 1. The zero-order chi connectivity index (χ0) is 37.5. The Morgan fingerprint density at radius 1 is 1.06 bits per heavy atom. The molecule has 8 heterocycles. The maximum atomic E-state index is 15.0. The minimum Gasteiger partial charge on any atom is -0.504 e. The van der Waals surface area contributed by atoms with Gasteiger partial charge in [0.2, 0.25) is 6.79 Å². The number of hydrogen-bond acceptors (Lipinski definition) is 12. The quantitative estimate of drug-likeness (QED) is 0.187. The SMILES string of the molecule is COc1c(C)cc2c(c1O)[C@@H]1[C@@H]3[C@@H]4SC[C@]5(N[C@@H](CN)Cc6c5[nH]c5ccc(C)cc65)C(=O)OC[C@@H](c5c6c(c(C)c(C)c54)OCO6)N3[C@@H](O)[C@H](C2)N1C. The number of aromatic hydroxyl groups is 1. The first-order chi connectivity index (χ1) is 26.0. The number of nitrogens with two attached hydrogens (primary N) is 1. The average Bonchev–Trinajstić information content (AvgIpc) is 3.79. The minimum absolute atomic E-state index is 0.0281. The summed E-state index contributed by atoms with van der Waals surface area (Å²) < 4.78 is 24.7. The van der Waals surface area contributed by atoms with Gasteiger partial charge in [0.15, 0.2) is 28.5 Å². The van der Waals surface area contributed by atoms with E-state index in [4.69, 9.17) is 24.7 Å². The number of fused-ring (bicyclic) bond motifs is 11. The number of nitrogens with one attached hydrogen (secondary N) is 2. The van der Waals surface area contributed by atoms with E-state index in [2.05, 4.69) is 72.2 Å². The molecule has 7 aliphatic heterocycles. The van der Waals surface area contributed by atoms with E-state index in [1.165, 1.54) is 0 Å². The molecular weight excluding hydrogens is 707 g/mol. The van der Waals surface area contributed by atoms with E-state index in [1.807, 2.05) is 6.92 Å². The first-order valence-corrected chi connectivity index (χ1v) is 19.9. The smallest absolute Gasteiger partial charge is 0.333 e. The molecule has 3 aromatic carbocycles. The van der Waals surface area contributed by atoms with Gasteiger partial charge in [0, 0.05) is 51.7 Å². The van der Waals surface area contributed by atoms with Gasteiger partial charge < -0.3 is 39.9 Å². The zero-order valence-electron chi connectivity index (χ0n) is 31.4. The summed E-state index contributed by atoms with van der Waals surface area (Å²) in [6.45, 7) is 8.64. The number of aliphatic hydroxyl groups excluding tert-OH is 1. The summed E-state index contributed by atoms with van der Waals surface area (Å²) in [7, 11) is 3.64. The lowest BCUT2D eigenvalue weighted by atomic mass is 9.72. The largest absolute Gasteiger partial charge is 0.504 e. The number of H-pyrrole nitrogens is 1. The number of piperazine rings is 1. The first kappa shape index (κ1) is 34.5. The molecule has 4 bridgehead atoms. The highest BCUT2D eigenvalue weighted by atomic mass is 32.2. The molecule has 0 amide bonds. The van der Waals surface area contributed by atoms with Crippen molar-refractivity contribution in [1.29, 1.82) is 0 Å². The van der Waals surface area contributed by atoms with Crippen LogP contribution in [0.15, 0.2) is 24.3 Å². The molecule has 8 atom stereocenters. The number of rotatable bonds is 2. The fourth-order valence-electron chi connectivity index (χ4n) is 10.8. The molecule has 0 radical (unpaired) electrons. The van der Waals surface area contributed by atoms with Gasteiger partial charge in [0.1, 0.15) is 12.8 Å². The molecule has 4 aromatic rings. The van der Waals surface area contributed by atoms with Crippen LogP contribution in [0.4, 0.5) is 0 Å². The fourth-order valence-corrected chi connectivity index (χ4v) is 12.6. The summed E-state index contributed by atoms with van der Waals surface area (Å²) in [6, 6.07) is 6.74. The Kier molecular flexibility index (Phi) is 7.67. The molecule has 54 heavy (non-hydrogen) atoms. The third-order valence-electron chi connectivity index (χ3n) is 13.4. The predicted octanol–water partition coefficient (Wildman–Crippen LogP) is 4.20. The van der Waals surface area contributed by atoms with Gasteiger partial charge in [-0.3, -0.25) is 15.1 Å². The van der Waals surface area contributed by atoms with Gasteiger partial charge in [-0.05, 0) is 93.1 Å². The second-order valence-electron chi connectivity index (χ2n) is 16.1. The lowest BCUT2D eigenvalue weighted by Gasteiger charge is -2.62. The topological polar surface area (TPSA) is 155 Å². The van der Waals surface area contributed by atoms with Gasteiger partial charge in [0.05, 0.1) is 30.9 Å². The average molecular weight is 754 g/mol. The number of carbonyl (C=O) groups excluding carboxylic acids is 1. The Balaban J connectivity index is 1.22. The number of esters is 1. The minimum atomic E-state index is -1.23. The van der Waals surface area contributed by atoms with Gasteiger partial charge >= 0.3 is 5.97 Å². The van der Waals surface area contributed by atoms with E-state index in [1.54, 1.807) is 18.9 Å². The Bertz CT molecular complexity index is 2280. The summed E-state index contributed by atoms with van der Waals surface area (Å²) in [5.41, 5.74) is 16.0. The molecule has 7 aliphatic rings. The van der Waals surface area contributed by atoms with Crippen molar-refractivity contribution in [2.24, 2.45) is 5.73 Å². The Labute approximate surface area is 318 Å². The van der Waals surface area contributed by atoms with Crippen molar-refractivity contribution in [2.75, 3.05) is 39.9 Å². The number of benzene rings is 3. The molecular formula is C41H47N5O7S. The molecule has 13 heteroatoms. The third-order valence-corrected chi connectivity index (χ3v) is 14.9. The number of nitrogens with zero attached hydrogens (tertiary/aromatic N) is 2. The van der Waals surface area contributed by atoms with Gasteiger partial charge in [-0.1, -0.05) is 17.7 Å². The summed E-state index contributed by atoms with van der Waals surface area (Å²) in [5, 5.41) is 29.2. The van der Waals surface area contributed by atoms with Crippen LogP contribution >= 0.6 is 11.8 Å². The number of hydrogen-bond donors (Lipinski definition) is 5. The normalized spacial score (nSPS) is 31.2. The molecule has 284 valence electrons. The van der Waals surface area contributed by atoms with Gasteiger partial charge in [-0.2, -0.15) is 0 Å².